The maximum Gasteiger partial charge on any atom is 0.0248 e. The smallest absolute Gasteiger partial charge is 0.0248 e. The minimum Gasteiger partial charge on any atom is -0.315 e. The average Bonchev–Trinajstić information content (AvgIpc) is 2.38. The van der Waals surface area contributed by atoms with Crippen molar-refractivity contribution in [3.63, 3.8) is 0 Å². The lowest BCUT2D eigenvalue weighted by molar-refractivity contribution is 0.107. The number of rotatable bonds is 7. The second-order valence-corrected chi connectivity index (χ2v) is 6.38. The van der Waals surface area contributed by atoms with E-state index in [1.165, 1.54) is 45.1 Å². The molecule has 0 aromatic rings. The van der Waals surface area contributed by atoms with Crippen LogP contribution in [-0.2, 0) is 0 Å². The molecule has 0 spiro atoms. The summed E-state index contributed by atoms with van der Waals surface area (Å²) >= 11 is 0. The van der Waals surface area contributed by atoms with E-state index in [-0.39, 0.29) is 0 Å². The van der Waals surface area contributed by atoms with E-state index >= 15 is 0 Å². The molecule has 0 heterocycles. The molecular weight excluding hydrogens is 220 g/mol. The molecule has 1 aliphatic rings. The first-order valence-electron chi connectivity index (χ1n) is 7.99. The van der Waals surface area contributed by atoms with E-state index in [1.807, 2.05) is 0 Å². The highest BCUT2D eigenvalue weighted by atomic mass is 15.2. The summed E-state index contributed by atoms with van der Waals surface area (Å²) in [6, 6.07) is 1.45. The Hall–Kier alpha value is -0.0800. The van der Waals surface area contributed by atoms with Gasteiger partial charge in [-0.25, -0.2) is 0 Å². The molecule has 0 aliphatic heterocycles. The molecule has 4 unspecified atom stereocenters. The molecule has 1 aliphatic carbocycles. The molecule has 2 heteroatoms. The zero-order valence-electron chi connectivity index (χ0n) is 13.2. The number of likely N-dealkylation sites (N-methyl/N-ethyl adjacent to an activating group) is 2. The third-order valence-electron chi connectivity index (χ3n) is 4.86. The third-order valence-corrected chi connectivity index (χ3v) is 4.86. The SMILES string of the molecule is CCCC1CCC(NC)C(N(C)CC(C)CC)C1. The molecule has 18 heavy (non-hydrogen) atoms. The van der Waals surface area contributed by atoms with Gasteiger partial charge in [0.1, 0.15) is 0 Å². The molecule has 1 saturated carbocycles. The van der Waals surface area contributed by atoms with Crippen LogP contribution < -0.4 is 5.32 Å². The van der Waals surface area contributed by atoms with Crippen LogP contribution >= 0.6 is 0 Å². The van der Waals surface area contributed by atoms with Gasteiger partial charge in [-0.05, 0) is 45.2 Å². The summed E-state index contributed by atoms with van der Waals surface area (Å²) in [6.07, 6.45) is 8.23. The molecule has 1 fully saturated rings. The third kappa shape index (κ3) is 4.55. The fourth-order valence-corrected chi connectivity index (χ4v) is 3.48. The van der Waals surface area contributed by atoms with Crippen LogP contribution in [-0.4, -0.2) is 37.6 Å². The van der Waals surface area contributed by atoms with Crippen molar-refractivity contribution in [1.29, 1.82) is 0 Å². The molecule has 1 rings (SSSR count). The van der Waals surface area contributed by atoms with Crippen LogP contribution in [0.15, 0.2) is 0 Å². The van der Waals surface area contributed by atoms with Crippen molar-refractivity contribution in [3.05, 3.63) is 0 Å². The lowest BCUT2D eigenvalue weighted by atomic mass is 9.79. The van der Waals surface area contributed by atoms with Gasteiger partial charge in [0, 0.05) is 18.6 Å². The predicted octanol–water partition coefficient (Wildman–Crippen LogP) is 3.52. The zero-order valence-corrected chi connectivity index (χ0v) is 13.2. The molecule has 0 radical (unpaired) electrons. The summed E-state index contributed by atoms with van der Waals surface area (Å²) < 4.78 is 0. The molecule has 0 bridgehead atoms. The van der Waals surface area contributed by atoms with Gasteiger partial charge in [-0.15, -0.1) is 0 Å². The minimum absolute atomic E-state index is 0.701. The first-order chi connectivity index (χ1) is 8.62. The summed E-state index contributed by atoms with van der Waals surface area (Å²) in [5.41, 5.74) is 0. The number of hydrogen-bond donors (Lipinski definition) is 1. The van der Waals surface area contributed by atoms with Crippen molar-refractivity contribution in [2.45, 2.75) is 71.4 Å². The lowest BCUT2D eigenvalue weighted by Gasteiger charge is -2.42. The Morgan fingerprint density at radius 3 is 2.56 bits per heavy atom. The maximum atomic E-state index is 3.55. The molecule has 0 amide bonds. The molecule has 1 N–H and O–H groups in total. The number of hydrogen-bond acceptors (Lipinski definition) is 2. The van der Waals surface area contributed by atoms with E-state index in [1.54, 1.807) is 0 Å². The van der Waals surface area contributed by atoms with Gasteiger partial charge in [0.25, 0.3) is 0 Å². The normalized spacial score (nSPS) is 30.7. The van der Waals surface area contributed by atoms with Crippen LogP contribution in [0.2, 0.25) is 0 Å². The first-order valence-corrected chi connectivity index (χ1v) is 7.99. The van der Waals surface area contributed by atoms with Crippen molar-refractivity contribution in [1.82, 2.24) is 10.2 Å². The number of nitrogens with zero attached hydrogens (tertiary/aromatic N) is 1. The molecular formula is C16H34N2. The predicted molar refractivity (Wildman–Crippen MR) is 81.0 cm³/mol. The Bertz CT molecular complexity index is 217. The van der Waals surface area contributed by atoms with Gasteiger partial charge >= 0.3 is 0 Å². The topological polar surface area (TPSA) is 15.3 Å². The molecule has 0 aromatic carbocycles. The van der Waals surface area contributed by atoms with Crippen molar-refractivity contribution >= 4 is 0 Å². The summed E-state index contributed by atoms with van der Waals surface area (Å²) in [6.45, 7) is 8.24. The van der Waals surface area contributed by atoms with E-state index in [0.717, 1.165) is 17.9 Å². The van der Waals surface area contributed by atoms with Gasteiger partial charge in [-0.1, -0.05) is 40.0 Å². The lowest BCUT2D eigenvalue weighted by Crippen LogP contribution is -2.52. The molecule has 2 nitrogen and oxygen atoms in total. The van der Waals surface area contributed by atoms with Gasteiger partial charge < -0.3 is 10.2 Å². The average molecular weight is 254 g/mol. The molecule has 108 valence electrons. The summed E-state index contributed by atoms with van der Waals surface area (Å²) in [5, 5.41) is 3.55. The van der Waals surface area contributed by atoms with E-state index in [0.29, 0.717) is 6.04 Å². The minimum atomic E-state index is 0.701. The Morgan fingerprint density at radius 1 is 1.28 bits per heavy atom. The van der Waals surface area contributed by atoms with Gasteiger partial charge in [0.2, 0.25) is 0 Å². The highest BCUT2D eigenvalue weighted by Gasteiger charge is 2.31. The monoisotopic (exact) mass is 254 g/mol. The maximum absolute atomic E-state index is 3.55. The zero-order chi connectivity index (χ0) is 13.5. The fraction of sp³-hybridized carbons (Fsp3) is 1.00. The largest absolute Gasteiger partial charge is 0.315 e. The van der Waals surface area contributed by atoms with E-state index in [4.69, 9.17) is 0 Å². The molecule has 0 saturated heterocycles. The second-order valence-electron chi connectivity index (χ2n) is 6.38. The van der Waals surface area contributed by atoms with Crippen molar-refractivity contribution in [3.8, 4) is 0 Å². The summed E-state index contributed by atoms with van der Waals surface area (Å²) in [5.74, 6) is 1.78. The van der Waals surface area contributed by atoms with Gasteiger partial charge in [-0.3, -0.25) is 0 Å². The van der Waals surface area contributed by atoms with Crippen LogP contribution in [0.1, 0.15) is 59.3 Å². The van der Waals surface area contributed by atoms with Crippen molar-refractivity contribution in [2.24, 2.45) is 11.8 Å². The Morgan fingerprint density at radius 2 is 2.00 bits per heavy atom. The van der Waals surface area contributed by atoms with E-state index < -0.39 is 0 Å². The van der Waals surface area contributed by atoms with E-state index in [2.05, 4.69) is 45.1 Å². The van der Waals surface area contributed by atoms with Crippen LogP contribution in [0.5, 0.6) is 0 Å². The Balaban J connectivity index is 2.55. The molecule has 4 atom stereocenters. The first kappa shape index (κ1) is 16.0. The standard InChI is InChI=1S/C16H34N2/c1-6-8-14-9-10-15(17-4)16(11-14)18(5)12-13(3)7-2/h13-17H,6-12H2,1-5H3. The highest BCUT2D eigenvalue weighted by Crippen LogP contribution is 2.30. The Kier molecular flexibility index (Phi) is 7.25. The van der Waals surface area contributed by atoms with Gasteiger partial charge in [0.15, 0.2) is 0 Å². The molecule has 0 aromatic heterocycles. The van der Waals surface area contributed by atoms with Gasteiger partial charge in [-0.2, -0.15) is 0 Å². The summed E-state index contributed by atoms with van der Waals surface area (Å²) in [4.78, 5) is 2.62. The van der Waals surface area contributed by atoms with Crippen molar-refractivity contribution in [2.75, 3.05) is 20.6 Å². The number of nitrogens with one attached hydrogen (secondary N) is 1. The fourth-order valence-electron chi connectivity index (χ4n) is 3.48. The second kappa shape index (κ2) is 8.16. The van der Waals surface area contributed by atoms with E-state index in [9.17, 15) is 0 Å². The highest BCUT2D eigenvalue weighted by molar-refractivity contribution is 4.89. The van der Waals surface area contributed by atoms with Crippen molar-refractivity contribution < 1.29 is 0 Å². The summed E-state index contributed by atoms with van der Waals surface area (Å²) in [7, 11) is 4.46. The Labute approximate surface area is 115 Å². The van der Waals surface area contributed by atoms with Crippen LogP contribution in [0, 0.1) is 11.8 Å². The van der Waals surface area contributed by atoms with Crippen LogP contribution in [0.4, 0.5) is 0 Å². The van der Waals surface area contributed by atoms with Crippen LogP contribution in [0.25, 0.3) is 0 Å². The quantitative estimate of drug-likeness (QED) is 0.748. The van der Waals surface area contributed by atoms with Crippen LogP contribution in [0.3, 0.4) is 0 Å². The van der Waals surface area contributed by atoms with Gasteiger partial charge in [0.05, 0.1) is 0 Å².